The first-order valence-electron chi connectivity index (χ1n) is 8.01. The van der Waals surface area contributed by atoms with E-state index in [1.165, 1.54) is 0 Å². The Labute approximate surface area is 136 Å². The molecule has 0 spiro atoms. The Kier molecular flexibility index (Phi) is 4.90. The number of methoxy groups -OCH3 is 1. The van der Waals surface area contributed by atoms with E-state index in [9.17, 15) is 4.79 Å². The van der Waals surface area contributed by atoms with Crippen molar-refractivity contribution in [3.63, 3.8) is 0 Å². The summed E-state index contributed by atoms with van der Waals surface area (Å²) in [6.07, 6.45) is 6.63. The maximum Gasteiger partial charge on any atom is 0.222 e. The van der Waals surface area contributed by atoms with E-state index in [1.807, 2.05) is 33.8 Å². The van der Waals surface area contributed by atoms with Gasteiger partial charge in [-0.1, -0.05) is 12.1 Å². The number of carbonyl (C=O) groups excluding carboxylic acids is 1. The Morgan fingerprint density at radius 2 is 2.17 bits per heavy atom. The van der Waals surface area contributed by atoms with Crippen LogP contribution in [-0.4, -0.2) is 45.8 Å². The van der Waals surface area contributed by atoms with Crippen molar-refractivity contribution in [2.75, 3.05) is 20.2 Å². The Morgan fingerprint density at radius 1 is 1.35 bits per heavy atom. The smallest absolute Gasteiger partial charge is 0.222 e. The molecule has 0 N–H and O–H groups in total. The fraction of sp³-hybridized carbons (Fsp3) is 0.471. The molecule has 0 aliphatic carbocycles. The minimum Gasteiger partial charge on any atom is -0.497 e. The van der Waals surface area contributed by atoms with E-state index in [2.05, 4.69) is 10.1 Å². The lowest BCUT2D eigenvalue weighted by Gasteiger charge is -2.32. The highest BCUT2D eigenvalue weighted by Gasteiger charge is 2.24. The van der Waals surface area contributed by atoms with Gasteiger partial charge in [-0.3, -0.25) is 4.79 Å². The van der Waals surface area contributed by atoms with Crippen molar-refractivity contribution in [1.82, 2.24) is 19.7 Å². The molecule has 0 radical (unpaired) electrons. The van der Waals surface area contributed by atoms with Crippen LogP contribution in [0.3, 0.4) is 0 Å². The van der Waals surface area contributed by atoms with Gasteiger partial charge in [-0.15, -0.1) is 0 Å². The summed E-state index contributed by atoms with van der Waals surface area (Å²) in [7, 11) is 1.65. The number of rotatable bonds is 5. The molecule has 1 atom stereocenters. The topological polar surface area (TPSA) is 60.2 Å². The Bertz CT molecular complexity index is 625. The zero-order valence-electron chi connectivity index (χ0n) is 13.4. The predicted octanol–water partition coefficient (Wildman–Crippen LogP) is 2.08. The molecule has 122 valence electrons. The van der Waals surface area contributed by atoms with Gasteiger partial charge in [0.15, 0.2) is 0 Å². The van der Waals surface area contributed by atoms with Crippen molar-refractivity contribution in [2.24, 2.45) is 0 Å². The van der Waals surface area contributed by atoms with E-state index in [1.54, 1.807) is 19.8 Å². The minimum absolute atomic E-state index is 0.214. The summed E-state index contributed by atoms with van der Waals surface area (Å²) in [5.41, 5.74) is 1.16. The molecule has 6 heteroatoms. The molecular weight excluding hydrogens is 292 g/mol. The predicted molar refractivity (Wildman–Crippen MR) is 86.2 cm³/mol. The van der Waals surface area contributed by atoms with E-state index in [0.717, 1.165) is 43.7 Å². The molecule has 2 aromatic rings. The zero-order valence-corrected chi connectivity index (χ0v) is 13.4. The molecule has 23 heavy (non-hydrogen) atoms. The molecule has 1 amide bonds. The summed E-state index contributed by atoms with van der Waals surface area (Å²) in [6.45, 7) is 1.57. The van der Waals surface area contributed by atoms with Crippen LogP contribution in [0, 0.1) is 0 Å². The highest BCUT2D eigenvalue weighted by atomic mass is 16.5. The third-order valence-corrected chi connectivity index (χ3v) is 4.35. The molecule has 0 unspecified atom stereocenters. The second-order valence-corrected chi connectivity index (χ2v) is 5.86. The number of amides is 1. The third kappa shape index (κ3) is 3.88. The number of aryl methyl sites for hydroxylation is 1. The first-order valence-corrected chi connectivity index (χ1v) is 8.01. The van der Waals surface area contributed by atoms with Crippen LogP contribution in [-0.2, 0) is 11.2 Å². The minimum atomic E-state index is 0.214. The van der Waals surface area contributed by atoms with Crippen molar-refractivity contribution >= 4 is 5.91 Å². The molecular formula is C17H22N4O2. The standard InChI is InChI=1S/C17H22N4O2/c1-23-16-7-4-14(5-8-16)6-9-17(22)20-10-2-3-15(11-20)21-13-18-12-19-21/h4-5,7-8,12-13,15H,2-3,6,9-11H2,1H3/t15-/m1/s1. The monoisotopic (exact) mass is 314 g/mol. The van der Waals surface area contributed by atoms with Gasteiger partial charge in [-0.25, -0.2) is 9.67 Å². The summed E-state index contributed by atoms with van der Waals surface area (Å²) in [4.78, 5) is 18.4. The van der Waals surface area contributed by atoms with Gasteiger partial charge in [0.25, 0.3) is 0 Å². The van der Waals surface area contributed by atoms with Gasteiger partial charge < -0.3 is 9.64 Å². The molecule has 1 aliphatic heterocycles. The van der Waals surface area contributed by atoms with Crippen LogP contribution in [0.25, 0.3) is 0 Å². The summed E-state index contributed by atoms with van der Waals surface area (Å²) in [5, 5.41) is 4.20. The number of nitrogens with zero attached hydrogens (tertiary/aromatic N) is 4. The normalized spacial score (nSPS) is 18.0. The second kappa shape index (κ2) is 7.26. The number of benzene rings is 1. The second-order valence-electron chi connectivity index (χ2n) is 5.86. The third-order valence-electron chi connectivity index (χ3n) is 4.35. The Balaban J connectivity index is 1.53. The average Bonchev–Trinajstić information content (AvgIpc) is 3.15. The molecule has 6 nitrogen and oxygen atoms in total. The largest absolute Gasteiger partial charge is 0.497 e. The number of hydrogen-bond donors (Lipinski definition) is 0. The van der Waals surface area contributed by atoms with Crippen molar-refractivity contribution in [3.8, 4) is 5.75 Å². The van der Waals surface area contributed by atoms with Crippen molar-refractivity contribution in [2.45, 2.75) is 31.7 Å². The fourth-order valence-corrected chi connectivity index (χ4v) is 3.00. The van der Waals surface area contributed by atoms with Crippen molar-refractivity contribution in [1.29, 1.82) is 0 Å². The van der Waals surface area contributed by atoms with Gasteiger partial charge >= 0.3 is 0 Å². The molecule has 3 rings (SSSR count). The van der Waals surface area contributed by atoms with Gasteiger partial charge in [0.2, 0.25) is 5.91 Å². The highest BCUT2D eigenvalue weighted by Crippen LogP contribution is 2.21. The van der Waals surface area contributed by atoms with Gasteiger partial charge in [0.1, 0.15) is 18.4 Å². The SMILES string of the molecule is COc1ccc(CCC(=O)N2CCC[C@@H](n3cncn3)C2)cc1. The summed E-state index contributed by atoms with van der Waals surface area (Å²) >= 11 is 0. The number of carbonyl (C=O) groups is 1. The van der Waals surface area contributed by atoms with E-state index < -0.39 is 0 Å². The number of aromatic nitrogens is 3. The van der Waals surface area contributed by atoms with Gasteiger partial charge in [-0.05, 0) is 37.0 Å². The van der Waals surface area contributed by atoms with E-state index in [-0.39, 0.29) is 11.9 Å². The molecule has 1 aromatic heterocycles. The van der Waals surface area contributed by atoms with Gasteiger partial charge in [-0.2, -0.15) is 5.10 Å². The summed E-state index contributed by atoms with van der Waals surface area (Å²) < 4.78 is 7.01. The van der Waals surface area contributed by atoms with Crippen LogP contribution in [0.2, 0.25) is 0 Å². The lowest BCUT2D eigenvalue weighted by molar-refractivity contribution is -0.132. The molecule has 1 aromatic carbocycles. The molecule has 2 heterocycles. The number of ether oxygens (including phenoxy) is 1. The number of piperidine rings is 1. The van der Waals surface area contributed by atoms with Crippen LogP contribution in [0.15, 0.2) is 36.9 Å². The van der Waals surface area contributed by atoms with Crippen LogP contribution in [0.1, 0.15) is 30.9 Å². The Hall–Kier alpha value is -2.37. The quantitative estimate of drug-likeness (QED) is 0.848. The summed E-state index contributed by atoms with van der Waals surface area (Å²) in [5.74, 6) is 1.05. The first-order chi connectivity index (χ1) is 11.3. The first kappa shape index (κ1) is 15.5. The highest BCUT2D eigenvalue weighted by molar-refractivity contribution is 5.76. The molecule has 1 fully saturated rings. The summed E-state index contributed by atoms with van der Waals surface area (Å²) in [6, 6.07) is 8.14. The Morgan fingerprint density at radius 3 is 2.87 bits per heavy atom. The zero-order chi connectivity index (χ0) is 16.1. The van der Waals surface area contributed by atoms with E-state index in [4.69, 9.17) is 4.74 Å². The maximum absolute atomic E-state index is 12.5. The molecule has 0 bridgehead atoms. The fourth-order valence-electron chi connectivity index (χ4n) is 3.00. The van der Waals surface area contributed by atoms with Crippen LogP contribution < -0.4 is 4.74 Å². The van der Waals surface area contributed by atoms with Crippen molar-refractivity contribution in [3.05, 3.63) is 42.5 Å². The van der Waals surface area contributed by atoms with Crippen LogP contribution in [0.4, 0.5) is 0 Å². The van der Waals surface area contributed by atoms with Crippen molar-refractivity contribution < 1.29 is 9.53 Å². The lowest BCUT2D eigenvalue weighted by Crippen LogP contribution is -2.40. The van der Waals surface area contributed by atoms with E-state index >= 15 is 0 Å². The van der Waals surface area contributed by atoms with Gasteiger partial charge in [0, 0.05) is 19.5 Å². The van der Waals surface area contributed by atoms with Gasteiger partial charge in [0.05, 0.1) is 13.2 Å². The molecule has 1 saturated heterocycles. The number of likely N-dealkylation sites (tertiary alicyclic amines) is 1. The lowest BCUT2D eigenvalue weighted by atomic mass is 10.0. The number of hydrogen-bond acceptors (Lipinski definition) is 4. The van der Waals surface area contributed by atoms with Crippen LogP contribution in [0.5, 0.6) is 5.75 Å². The maximum atomic E-state index is 12.5. The van der Waals surface area contributed by atoms with Crippen LogP contribution >= 0.6 is 0 Å². The molecule has 0 saturated carbocycles. The van der Waals surface area contributed by atoms with E-state index in [0.29, 0.717) is 6.42 Å². The molecule has 1 aliphatic rings. The average molecular weight is 314 g/mol.